The molecule has 0 radical (unpaired) electrons. The normalized spacial score (nSPS) is 20.7. The number of hydrogen-bond donors (Lipinski definition) is 2. The average Bonchev–Trinajstić information content (AvgIpc) is 2.67. The van der Waals surface area contributed by atoms with Crippen molar-refractivity contribution in [3.05, 3.63) is 32.9 Å². The highest BCUT2D eigenvalue weighted by molar-refractivity contribution is 4.88. The third kappa shape index (κ3) is 2.15. The first kappa shape index (κ1) is 10.1. The zero-order valence-corrected chi connectivity index (χ0v) is 8.12. The molecule has 15 heavy (non-hydrogen) atoms. The van der Waals surface area contributed by atoms with E-state index in [1.807, 2.05) is 4.98 Å². The molecule has 1 atom stereocenters. The van der Waals surface area contributed by atoms with Crippen LogP contribution in [0.3, 0.4) is 0 Å². The Hall–Kier alpha value is -1.43. The number of aromatic amines is 1. The molecule has 2 rings (SSSR count). The molecule has 6 heteroatoms. The van der Waals surface area contributed by atoms with Crippen molar-refractivity contribution in [3.8, 4) is 0 Å². The van der Waals surface area contributed by atoms with Gasteiger partial charge in [0.1, 0.15) is 0 Å². The first-order chi connectivity index (χ1) is 7.16. The van der Waals surface area contributed by atoms with Crippen molar-refractivity contribution in [2.75, 3.05) is 13.1 Å². The Bertz CT molecular complexity index is 459. The molecular formula is C9H12FN3O2. The highest BCUT2D eigenvalue weighted by Crippen LogP contribution is 2.08. The van der Waals surface area contributed by atoms with Crippen LogP contribution >= 0.6 is 0 Å². The Kier molecular flexibility index (Phi) is 2.68. The van der Waals surface area contributed by atoms with E-state index in [-0.39, 0.29) is 0 Å². The first-order valence-electron chi connectivity index (χ1n) is 4.87. The summed E-state index contributed by atoms with van der Waals surface area (Å²) in [7, 11) is 0. The molecule has 1 unspecified atom stereocenters. The molecule has 5 nitrogen and oxygen atoms in total. The summed E-state index contributed by atoms with van der Waals surface area (Å²) in [4.78, 5) is 24.0. The van der Waals surface area contributed by atoms with Crippen LogP contribution in [0.1, 0.15) is 6.42 Å². The lowest BCUT2D eigenvalue weighted by Gasteiger charge is -2.09. The lowest BCUT2D eigenvalue weighted by Crippen LogP contribution is -2.33. The Balaban J connectivity index is 2.24. The van der Waals surface area contributed by atoms with Crippen molar-refractivity contribution in [1.82, 2.24) is 14.9 Å². The van der Waals surface area contributed by atoms with Crippen molar-refractivity contribution in [3.63, 3.8) is 0 Å². The van der Waals surface area contributed by atoms with E-state index in [0.29, 0.717) is 12.5 Å². The lowest BCUT2D eigenvalue weighted by molar-refractivity contribution is 0.450. The van der Waals surface area contributed by atoms with Crippen LogP contribution in [0, 0.1) is 11.7 Å². The van der Waals surface area contributed by atoms with Crippen LogP contribution in [0.15, 0.2) is 15.8 Å². The molecule has 0 aliphatic carbocycles. The summed E-state index contributed by atoms with van der Waals surface area (Å²) in [5, 5.41) is 3.16. The van der Waals surface area contributed by atoms with Gasteiger partial charge in [0.25, 0.3) is 5.56 Å². The molecule has 1 aliphatic heterocycles. The molecule has 1 aromatic rings. The number of H-pyrrole nitrogens is 1. The predicted octanol–water partition coefficient (Wildman–Crippen LogP) is -0.715. The number of hydrogen-bond acceptors (Lipinski definition) is 3. The van der Waals surface area contributed by atoms with E-state index in [0.717, 1.165) is 25.7 Å². The zero-order chi connectivity index (χ0) is 10.8. The average molecular weight is 213 g/mol. The Morgan fingerprint density at radius 2 is 2.33 bits per heavy atom. The first-order valence-corrected chi connectivity index (χ1v) is 4.87. The fraction of sp³-hybridized carbons (Fsp3) is 0.556. The molecule has 1 saturated heterocycles. The van der Waals surface area contributed by atoms with Gasteiger partial charge < -0.3 is 5.32 Å². The summed E-state index contributed by atoms with van der Waals surface area (Å²) in [6.07, 6.45) is 1.94. The molecule has 1 fully saturated rings. The summed E-state index contributed by atoms with van der Waals surface area (Å²) < 4.78 is 14.1. The topological polar surface area (TPSA) is 66.9 Å². The van der Waals surface area contributed by atoms with Crippen LogP contribution in [-0.2, 0) is 6.54 Å². The van der Waals surface area contributed by atoms with E-state index in [1.165, 1.54) is 4.57 Å². The van der Waals surface area contributed by atoms with Crippen LogP contribution in [0.5, 0.6) is 0 Å². The quantitative estimate of drug-likeness (QED) is 0.681. The molecule has 0 aromatic carbocycles. The van der Waals surface area contributed by atoms with Crippen molar-refractivity contribution < 1.29 is 4.39 Å². The third-order valence-electron chi connectivity index (χ3n) is 2.58. The van der Waals surface area contributed by atoms with Crippen molar-refractivity contribution in [1.29, 1.82) is 0 Å². The minimum atomic E-state index is -0.958. The predicted molar refractivity (Wildman–Crippen MR) is 52.3 cm³/mol. The van der Waals surface area contributed by atoms with Gasteiger partial charge in [0, 0.05) is 6.54 Å². The highest BCUT2D eigenvalue weighted by atomic mass is 19.1. The standard InChI is InChI=1S/C9H12FN3O2/c10-7-5-13(9(15)12-8(7)14)4-6-1-2-11-3-6/h5-6,11H,1-4H2,(H,12,14,15). The van der Waals surface area contributed by atoms with Gasteiger partial charge in [0.2, 0.25) is 5.82 Å². The third-order valence-corrected chi connectivity index (χ3v) is 2.58. The number of nitrogens with zero attached hydrogens (tertiary/aromatic N) is 1. The molecule has 0 bridgehead atoms. The number of rotatable bonds is 2. The molecule has 82 valence electrons. The molecule has 2 N–H and O–H groups in total. The van der Waals surface area contributed by atoms with Gasteiger partial charge in [-0.2, -0.15) is 4.39 Å². The monoisotopic (exact) mass is 213 g/mol. The molecule has 0 spiro atoms. The second-order valence-electron chi connectivity index (χ2n) is 3.75. The van der Waals surface area contributed by atoms with Crippen LogP contribution in [0.2, 0.25) is 0 Å². The Morgan fingerprint density at radius 3 is 3.00 bits per heavy atom. The smallest absolute Gasteiger partial charge is 0.316 e. The van der Waals surface area contributed by atoms with Gasteiger partial charge in [0.05, 0.1) is 6.20 Å². The number of aromatic nitrogens is 2. The van der Waals surface area contributed by atoms with Gasteiger partial charge in [-0.05, 0) is 25.4 Å². The molecule has 1 aromatic heterocycles. The van der Waals surface area contributed by atoms with Crippen LogP contribution in [0.25, 0.3) is 0 Å². The molecular weight excluding hydrogens is 201 g/mol. The largest absolute Gasteiger partial charge is 0.328 e. The molecule has 1 aliphatic rings. The second-order valence-corrected chi connectivity index (χ2v) is 3.75. The minimum absolute atomic E-state index is 0.327. The fourth-order valence-electron chi connectivity index (χ4n) is 1.77. The van der Waals surface area contributed by atoms with Crippen LogP contribution < -0.4 is 16.6 Å². The van der Waals surface area contributed by atoms with Gasteiger partial charge in [-0.25, -0.2) is 4.79 Å². The van der Waals surface area contributed by atoms with Crippen molar-refractivity contribution in [2.24, 2.45) is 5.92 Å². The van der Waals surface area contributed by atoms with Gasteiger partial charge in [0.15, 0.2) is 0 Å². The van der Waals surface area contributed by atoms with E-state index in [1.54, 1.807) is 0 Å². The van der Waals surface area contributed by atoms with E-state index in [9.17, 15) is 14.0 Å². The van der Waals surface area contributed by atoms with E-state index in [2.05, 4.69) is 5.32 Å². The maximum Gasteiger partial charge on any atom is 0.328 e. The van der Waals surface area contributed by atoms with E-state index >= 15 is 0 Å². The van der Waals surface area contributed by atoms with Gasteiger partial charge >= 0.3 is 5.69 Å². The molecule has 2 heterocycles. The van der Waals surface area contributed by atoms with Crippen LogP contribution in [-0.4, -0.2) is 22.6 Å². The number of nitrogens with one attached hydrogen (secondary N) is 2. The minimum Gasteiger partial charge on any atom is -0.316 e. The van der Waals surface area contributed by atoms with Crippen LogP contribution in [0.4, 0.5) is 4.39 Å². The van der Waals surface area contributed by atoms with E-state index in [4.69, 9.17) is 0 Å². The maximum atomic E-state index is 12.9. The fourth-order valence-corrected chi connectivity index (χ4v) is 1.77. The number of halogens is 1. The van der Waals surface area contributed by atoms with Gasteiger partial charge in [-0.15, -0.1) is 0 Å². The van der Waals surface area contributed by atoms with E-state index < -0.39 is 17.1 Å². The van der Waals surface area contributed by atoms with Gasteiger partial charge in [-0.3, -0.25) is 14.3 Å². The Labute approximate surface area is 84.9 Å². The molecule has 0 saturated carbocycles. The summed E-state index contributed by atoms with van der Waals surface area (Å²) in [5.41, 5.74) is -1.51. The lowest BCUT2D eigenvalue weighted by atomic mass is 10.1. The second kappa shape index (κ2) is 3.98. The molecule has 0 amide bonds. The summed E-state index contributed by atoms with van der Waals surface area (Å²) in [6.45, 7) is 2.19. The SMILES string of the molecule is O=c1[nH]c(=O)n(CC2CCNC2)cc1F. The maximum absolute atomic E-state index is 12.9. The highest BCUT2D eigenvalue weighted by Gasteiger charge is 2.16. The summed E-state index contributed by atoms with van der Waals surface area (Å²) in [5.74, 6) is -0.589. The zero-order valence-electron chi connectivity index (χ0n) is 8.12. The van der Waals surface area contributed by atoms with Crippen molar-refractivity contribution in [2.45, 2.75) is 13.0 Å². The van der Waals surface area contributed by atoms with Crippen molar-refractivity contribution >= 4 is 0 Å². The summed E-state index contributed by atoms with van der Waals surface area (Å²) in [6, 6.07) is 0. The Morgan fingerprint density at radius 1 is 1.53 bits per heavy atom. The van der Waals surface area contributed by atoms with Gasteiger partial charge in [-0.1, -0.05) is 0 Å². The summed E-state index contributed by atoms with van der Waals surface area (Å²) >= 11 is 0.